The number of carbonyl (C=O) groups excluding carboxylic acids is 2. The SMILES string of the molecule is O=C1Cc2oc(=O)c(-c3ccc(F)cc3)c(CCC3CCC3)c2C(=O)N1. The zero-order chi connectivity index (χ0) is 18.3. The average molecular weight is 355 g/mol. The molecule has 0 spiro atoms. The molecule has 2 aromatic rings. The smallest absolute Gasteiger partial charge is 0.344 e. The number of imide groups is 1. The zero-order valence-electron chi connectivity index (χ0n) is 14.1. The Hall–Kier alpha value is -2.76. The molecule has 6 heteroatoms. The molecular formula is C20H18FNO4. The van der Waals surface area contributed by atoms with Crippen LogP contribution >= 0.6 is 0 Å². The highest BCUT2D eigenvalue weighted by Gasteiger charge is 2.31. The van der Waals surface area contributed by atoms with E-state index in [4.69, 9.17) is 4.42 Å². The molecule has 4 rings (SSSR count). The van der Waals surface area contributed by atoms with Crippen molar-refractivity contribution < 1.29 is 18.4 Å². The van der Waals surface area contributed by atoms with Gasteiger partial charge in [-0.25, -0.2) is 9.18 Å². The Balaban J connectivity index is 1.87. The summed E-state index contributed by atoms with van der Waals surface area (Å²) in [7, 11) is 0. The highest BCUT2D eigenvalue weighted by molar-refractivity contribution is 6.10. The van der Waals surface area contributed by atoms with Crippen molar-refractivity contribution in [2.45, 2.75) is 38.5 Å². The molecular weight excluding hydrogens is 337 g/mol. The van der Waals surface area contributed by atoms with Gasteiger partial charge in [0.2, 0.25) is 5.91 Å². The highest BCUT2D eigenvalue weighted by atomic mass is 19.1. The number of fused-ring (bicyclic) bond motifs is 1. The van der Waals surface area contributed by atoms with Gasteiger partial charge in [-0.3, -0.25) is 14.9 Å². The largest absolute Gasteiger partial charge is 0.426 e. The molecule has 134 valence electrons. The van der Waals surface area contributed by atoms with Gasteiger partial charge in [-0.15, -0.1) is 0 Å². The van der Waals surface area contributed by atoms with E-state index >= 15 is 0 Å². The second-order valence-corrected chi connectivity index (χ2v) is 6.94. The molecule has 0 saturated heterocycles. The van der Waals surface area contributed by atoms with Crippen LogP contribution in [0.4, 0.5) is 4.39 Å². The molecule has 0 unspecified atom stereocenters. The third kappa shape index (κ3) is 2.96. The van der Waals surface area contributed by atoms with Crippen molar-refractivity contribution >= 4 is 11.8 Å². The predicted octanol–water partition coefficient (Wildman–Crippen LogP) is 2.99. The summed E-state index contributed by atoms with van der Waals surface area (Å²) in [5, 5.41) is 2.30. The number of benzene rings is 1. The molecule has 1 saturated carbocycles. The monoisotopic (exact) mass is 355 g/mol. The standard InChI is InChI=1S/C20H18FNO4/c21-13-7-5-12(6-8-13)17-14(9-4-11-2-1-3-11)18-15(26-20(17)25)10-16(23)22-19(18)24/h5-8,11H,1-4,9-10H2,(H,22,23,24). The summed E-state index contributed by atoms with van der Waals surface area (Å²) in [6.45, 7) is 0. The number of hydrogen-bond acceptors (Lipinski definition) is 4. The molecule has 2 aliphatic rings. The van der Waals surface area contributed by atoms with E-state index in [1.807, 2.05) is 0 Å². The molecule has 1 aliphatic heterocycles. The first-order valence-corrected chi connectivity index (χ1v) is 8.82. The summed E-state index contributed by atoms with van der Waals surface area (Å²) >= 11 is 0. The van der Waals surface area contributed by atoms with Crippen molar-refractivity contribution in [1.29, 1.82) is 0 Å². The lowest BCUT2D eigenvalue weighted by atomic mass is 9.80. The molecule has 1 N–H and O–H groups in total. The fourth-order valence-electron chi connectivity index (χ4n) is 3.69. The molecule has 26 heavy (non-hydrogen) atoms. The summed E-state index contributed by atoms with van der Waals surface area (Å²) in [4.78, 5) is 36.7. The van der Waals surface area contributed by atoms with Gasteiger partial charge in [0.15, 0.2) is 0 Å². The Bertz CT molecular complexity index is 942. The first-order valence-electron chi connectivity index (χ1n) is 8.82. The molecule has 1 aliphatic carbocycles. The van der Waals surface area contributed by atoms with E-state index in [9.17, 15) is 18.8 Å². The summed E-state index contributed by atoms with van der Waals surface area (Å²) in [5.74, 6) is -0.710. The van der Waals surface area contributed by atoms with E-state index in [1.54, 1.807) is 0 Å². The Morgan fingerprint density at radius 1 is 1.08 bits per heavy atom. The first kappa shape index (κ1) is 16.7. The molecule has 1 aromatic heterocycles. The lowest BCUT2D eigenvalue weighted by Crippen LogP contribution is -2.39. The summed E-state index contributed by atoms with van der Waals surface area (Å²) in [6.07, 6.45) is 4.80. The van der Waals surface area contributed by atoms with Gasteiger partial charge in [0, 0.05) is 0 Å². The molecule has 0 atom stereocenters. The van der Waals surface area contributed by atoms with E-state index in [1.165, 1.54) is 30.7 Å². The molecule has 1 aromatic carbocycles. The van der Waals surface area contributed by atoms with Crippen LogP contribution in [0.15, 0.2) is 33.5 Å². The van der Waals surface area contributed by atoms with Gasteiger partial charge in [-0.05, 0) is 42.0 Å². The first-order chi connectivity index (χ1) is 12.5. The lowest BCUT2D eigenvalue weighted by molar-refractivity contribution is -0.120. The van der Waals surface area contributed by atoms with Gasteiger partial charge in [0.25, 0.3) is 5.91 Å². The van der Waals surface area contributed by atoms with Crippen LogP contribution in [0.1, 0.15) is 47.4 Å². The van der Waals surface area contributed by atoms with Crippen LogP contribution in [0, 0.1) is 11.7 Å². The molecule has 2 heterocycles. The van der Waals surface area contributed by atoms with Crippen LogP contribution in [-0.2, 0) is 17.6 Å². The molecule has 0 bridgehead atoms. The van der Waals surface area contributed by atoms with Crippen LogP contribution in [-0.4, -0.2) is 11.8 Å². The van der Waals surface area contributed by atoms with Crippen LogP contribution in [0.25, 0.3) is 11.1 Å². The summed E-state index contributed by atoms with van der Waals surface area (Å²) < 4.78 is 18.6. The Labute approximate surface area is 149 Å². The Morgan fingerprint density at radius 3 is 2.46 bits per heavy atom. The van der Waals surface area contributed by atoms with Gasteiger partial charge >= 0.3 is 5.63 Å². The fourth-order valence-corrected chi connectivity index (χ4v) is 3.69. The molecule has 5 nitrogen and oxygen atoms in total. The molecule has 1 fully saturated rings. The Kier molecular flexibility index (Phi) is 4.18. The lowest BCUT2D eigenvalue weighted by Gasteiger charge is -2.26. The van der Waals surface area contributed by atoms with Gasteiger partial charge in [-0.2, -0.15) is 0 Å². The zero-order valence-corrected chi connectivity index (χ0v) is 14.1. The van der Waals surface area contributed by atoms with Crippen molar-refractivity contribution in [3.8, 4) is 11.1 Å². The van der Waals surface area contributed by atoms with Crippen molar-refractivity contribution in [3.05, 3.63) is 57.4 Å². The third-order valence-electron chi connectivity index (χ3n) is 5.26. The van der Waals surface area contributed by atoms with Crippen LogP contribution < -0.4 is 10.9 Å². The summed E-state index contributed by atoms with van der Waals surface area (Å²) in [5.41, 5.74) is 1.08. The second-order valence-electron chi connectivity index (χ2n) is 6.94. The maximum Gasteiger partial charge on any atom is 0.344 e. The van der Waals surface area contributed by atoms with Gasteiger partial charge < -0.3 is 4.42 Å². The number of amides is 2. The van der Waals surface area contributed by atoms with E-state index in [0.717, 1.165) is 19.3 Å². The van der Waals surface area contributed by atoms with E-state index in [0.29, 0.717) is 23.5 Å². The highest BCUT2D eigenvalue weighted by Crippen LogP contribution is 2.34. The van der Waals surface area contributed by atoms with E-state index in [-0.39, 0.29) is 23.3 Å². The minimum Gasteiger partial charge on any atom is -0.426 e. The van der Waals surface area contributed by atoms with Crippen LogP contribution in [0.3, 0.4) is 0 Å². The quantitative estimate of drug-likeness (QED) is 0.856. The third-order valence-corrected chi connectivity index (χ3v) is 5.26. The van der Waals surface area contributed by atoms with E-state index in [2.05, 4.69) is 5.32 Å². The number of nitrogens with one attached hydrogen (secondary N) is 1. The maximum atomic E-state index is 13.3. The van der Waals surface area contributed by atoms with Crippen molar-refractivity contribution in [1.82, 2.24) is 5.32 Å². The van der Waals surface area contributed by atoms with Gasteiger partial charge in [-0.1, -0.05) is 31.4 Å². The predicted molar refractivity (Wildman–Crippen MR) is 92.2 cm³/mol. The number of carbonyl (C=O) groups is 2. The van der Waals surface area contributed by atoms with Crippen LogP contribution in [0.2, 0.25) is 0 Å². The number of halogens is 1. The average Bonchev–Trinajstić information content (AvgIpc) is 2.53. The van der Waals surface area contributed by atoms with Crippen molar-refractivity contribution in [2.24, 2.45) is 5.92 Å². The van der Waals surface area contributed by atoms with Gasteiger partial charge in [0.1, 0.15) is 11.6 Å². The number of rotatable bonds is 4. The Morgan fingerprint density at radius 2 is 1.81 bits per heavy atom. The van der Waals surface area contributed by atoms with Crippen molar-refractivity contribution in [3.63, 3.8) is 0 Å². The van der Waals surface area contributed by atoms with Crippen molar-refractivity contribution in [2.75, 3.05) is 0 Å². The summed E-state index contributed by atoms with van der Waals surface area (Å²) in [6, 6.07) is 5.56. The van der Waals surface area contributed by atoms with E-state index < -0.39 is 23.3 Å². The van der Waals surface area contributed by atoms with Gasteiger partial charge in [0.05, 0.1) is 17.5 Å². The molecule has 2 amide bonds. The maximum absolute atomic E-state index is 13.3. The minimum absolute atomic E-state index is 0.123. The fraction of sp³-hybridized carbons (Fsp3) is 0.350. The minimum atomic E-state index is -0.596. The van der Waals surface area contributed by atoms with Crippen LogP contribution in [0.5, 0.6) is 0 Å². The normalized spacial score (nSPS) is 16.8. The molecule has 0 radical (unpaired) electrons. The second kappa shape index (κ2) is 6.52. The topological polar surface area (TPSA) is 76.4 Å². The number of hydrogen-bond donors (Lipinski definition) is 1.